The van der Waals surface area contributed by atoms with Gasteiger partial charge in [-0.1, -0.05) is 23.7 Å². The van der Waals surface area contributed by atoms with Gasteiger partial charge in [-0.2, -0.15) is 0 Å². The molecule has 2 aromatic carbocycles. The third kappa shape index (κ3) is 3.44. The molecular weight excluding hydrogens is 324 g/mol. The Balaban J connectivity index is 1.79. The number of rotatable bonds is 5. The van der Waals surface area contributed by atoms with Crippen LogP contribution in [0, 0.1) is 0 Å². The quantitative estimate of drug-likeness (QED) is 0.682. The van der Waals surface area contributed by atoms with Crippen molar-refractivity contribution in [3.05, 3.63) is 53.1 Å². The van der Waals surface area contributed by atoms with E-state index in [-0.39, 0.29) is 5.91 Å². The second-order valence-electron chi connectivity index (χ2n) is 5.57. The lowest BCUT2D eigenvalue weighted by atomic mass is 10.1. The van der Waals surface area contributed by atoms with Gasteiger partial charge in [0.05, 0.1) is 6.42 Å². The van der Waals surface area contributed by atoms with Gasteiger partial charge in [0.2, 0.25) is 11.8 Å². The molecule has 0 radical (unpaired) electrons. The summed E-state index contributed by atoms with van der Waals surface area (Å²) in [5.74, 6) is 0.693. The van der Waals surface area contributed by atoms with Gasteiger partial charge in [0.1, 0.15) is 5.52 Å². The van der Waals surface area contributed by atoms with Crippen molar-refractivity contribution in [2.24, 2.45) is 0 Å². The van der Waals surface area contributed by atoms with Crippen molar-refractivity contribution in [3.63, 3.8) is 0 Å². The summed E-state index contributed by atoms with van der Waals surface area (Å²) in [7, 11) is 0. The lowest BCUT2D eigenvalue weighted by Crippen LogP contribution is -2.31. The zero-order chi connectivity index (χ0) is 17.1. The van der Waals surface area contributed by atoms with E-state index in [1.807, 2.05) is 49.1 Å². The predicted octanol–water partition coefficient (Wildman–Crippen LogP) is 4.56. The van der Waals surface area contributed by atoms with E-state index in [1.165, 1.54) is 0 Å². The Bertz CT molecular complexity index is 851. The summed E-state index contributed by atoms with van der Waals surface area (Å²) in [6.45, 7) is 5.45. The van der Waals surface area contributed by atoms with Crippen LogP contribution in [0.15, 0.2) is 46.9 Å². The largest absolute Gasteiger partial charge is 0.436 e. The molecule has 3 rings (SSSR count). The van der Waals surface area contributed by atoms with Crippen LogP contribution >= 0.6 is 11.6 Å². The van der Waals surface area contributed by atoms with Crippen molar-refractivity contribution < 1.29 is 9.21 Å². The summed E-state index contributed by atoms with van der Waals surface area (Å²) >= 11 is 5.97. The molecule has 0 atom stereocenters. The molecule has 124 valence electrons. The summed E-state index contributed by atoms with van der Waals surface area (Å²) in [4.78, 5) is 18.5. The Hall–Kier alpha value is -2.33. The first-order valence-electron chi connectivity index (χ1n) is 8.04. The third-order valence-electron chi connectivity index (χ3n) is 4.02. The van der Waals surface area contributed by atoms with Crippen molar-refractivity contribution in [2.75, 3.05) is 13.1 Å². The number of hydrogen-bond acceptors (Lipinski definition) is 3. The summed E-state index contributed by atoms with van der Waals surface area (Å²) < 4.78 is 5.76. The Morgan fingerprint density at radius 1 is 1.12 bits per heavy atom. The molecular formula is C19H19ClN2O2. The van der Waals surface area contributed by atoms with Crippen molar-refractivity contribution in [2.45, 2.75) is 20.3 Å². The van der Waals surface area contributed by atoms with Gasteiger partial charge >= 0.3 is 0 Å². The molecule has 0 spiro atoms. The van der Waals surface area contributed by atoms with Gasteiger partial charge in [-0.15, -0.1) is 0 Å². The minimum atomic E-state index is 0.143. The van der Waals surface area contributed by atoms with Crippen LogP contribution in [0.25, 0.3) is 22.6 Å². The van der Waals surface area contributed by atoms with Crippen molar-refractivity contribution >= 4 is 28.6 Å². The highest BCUT2D eigenvalue weighted by atomic mass is 35.5. The molecule has 0 bridgehead atoms. The van der Waals surface area contributed by atoms with E-state index in [0.29, 0.717) is 22.9 Å². The average Bonchev–Trinajstić information content (AvgIpc) is 2.99. The zero-order valence-electron chi connectivity index (χ0n) is 13.8. The van der Waals surface area contributed by atoms with Crippen LogP contribution in [0.4, 0.5) is 0 Å². The highest BCUT2D eigenvalue weighted by molar-refractivity contribution is 6.31. The van der Waals surface area contributed by atoms with E-state index in [0.717, 1.165) is 29.7 Å². The van der Waals surface area contributed by atoms with Gasteiger partial charge in [-0.3, -0.25) is 4.79 Å². The fourth-order valence-corrected chi connectivity index (χ4v) is 2.82. The number of fused-ring (bicyclic) bond motifs is 1. The maximum atomic E-state index is 12.2. The molecule has 0 aliphatic rings. The van der Waals surface area contributed by atoms with Gasteiger partial charge < -0.3 is 9.32 Å². The molecule has 1 aromatic heterocycles. The first-order chi connectivity index (χ1) is 11.6. The molecule has 0 fully saturated rings. The first-order valence-corrected chi connectivity index (χ1v) is 8.41. The van der Waals surface area contributed by atoms with Crippen LogP contribution in [0.3, 0.4) is 0 Å². The van der Waals surface area contributed by atoms with Gasteiger partial charge in [0.15, 0.2) is 5.58 Å². The van der Waals surface area contributed by atoms with E-state index in [2.05, 4.69) is 4.98 Å². The highest BCUT2D eigenvalue weighted by Gasteiger charge is 2.12. The number of halogens is 1. The van der Waals surface area contributed by atoms with Crippen LogP contribution in [0.2, 0.25) is 5.02 Å². The Morgan fingerprint density at radius 3 is 2.50 bits per heavy atom. The number of hydrogen-bond donors (Lipinski definition) is 0. The van der Waals surface area contributed by atoms with Crippen LogP contribution < -0.4 is 0 Å². The number of oxazole rings is 1. The van der Waals surface area contributed by atoms with Gasteiger partial charge in [0, 0.05) is 23.7 Å². The van der Waals surface area contributed by atoms with Gasteiger partial charge in [0.25, 0.3) is 0 Å². The summed E-state index contributed by atoms with van der Waals surface area (Å²) in [6, 6.07) is 13.1. The molecule has 0 unspecified atom stereocenters. The summed E-state index contributed by atoms with van der Waals surface area (Å²) in [6.07, 6.45) is 0.408. The number of likely N-dealkylation sites (N-methyl/N-ethyl adjacent to an activating group) is 1. The normalized spacial score (nSPS) is 11.0. The molecule has 0 N–H and O–H groups in total. The monoisotopic (exact) mass is 342 g/mol. The molecule has 0 aliphatic heterocycles. The maximum absolute atomic E-state index is 12.2. The Kier molecular flexibility index (Phi) is 4.86. The second-order valence-corrected chi connectivity index (χ2v) is 6.01. The van der Waals surface area contributed by atoms with Crippen LogP contribution in [0.1, 0.15) is 19.4 Å². The SMILES string of the molecule is CCN(CC)C(=O)Cc1ccc(-c2nc3cc(Cl)ccc3o2)cc1. The Labute approximate surface area is 146 Å². The fraction of sp³-hybridized carbons (Fsp3) is 0.263. The second kappa shape index (κ2) is 7.05. The lowest BCUT2D eigenvalue weighted by molar-refractivity contribution is -0.130. The molecule has 3 aromatic rings. The molecule has 0 saturated heterocycles. The molecule has 24 heavy (non-hydrogen) atoms. The lowest BCUT2D eigenvalue weighted by Gasteiger charge is -2.18. The van der Waals surface area contributed by atoms with Crippen molar-refractivity contribution in [1.82, 2.24) is 9.88 Å². The van der Waals surface area contributed by atoms with E-state index >= 15 is 0 Å². The standard InChI is InChI=1S/C19H19ClN2O2/c1-3-22(4-2)18(23)11-13-5-7-14(8-6-13)19-21-16-12-15(20)9-10-17(16)24-19/h5-10,12H,3-4,11H2,1-2H3. The van der Waals surface area contributed by atoms with Crippen LogP contribution in [-0.4, -0.2) is 28.9 Å². The third-order valence-corrected chi connectivity index (χ3v) is 4.26. The minimum absolute atomic E-state index is 0.143. The van der Waals surface area contributed by atoms with E-state index in [1.54, 1.807) is 12.1 Å². The van der Waals surface area contributed by atoms with E-state index in [4.69, 9.17) is 16.0 Å². The number of aromatic nitrogens is 1. The smallest absolute Gasteiger partial charge is 0.227 e. The predicted molar refractivity (Wildman–Crippen MR) is 96.1 cm³/mol. The van der Waals surface area contributed by atoms with Crippen molar-refractivity contribution in [1.29, 1.82) is 0 Å². The average molecular weight is 343 g/mol. The number of carbonyl (C=O) groups is 1. The zero-order valence-corrected chi connectivity index (χ0v) is 14.5. The maximum Gasteiger partial charge on any atom is 0.227 e. The molecule has 5 heteroatoms. The van der Waals surface area contributed by atoms with E-state index < -0.39 is 0 Å². The summed E-state index contributed by atoms with van der Waals surface area (Å²) in [5, 5.41) is 0.632. The number of carbonyl (C=O) groups excluding carboxylic acids is 1. The molecule has 4 nitrogen and oxygen atoms in total. The van der Waals surface area contributed by atoms with Crippen molar-refractivity contribution in [3.8, 4) is 11.5 Å². The fourth-order valence-electron chi connectivity index (χ4n) is 2.65. The van der Waals surface area contributed by atoms with Crippen LogP contribution in [-0.2, 0) is 11.2 Å². The number of nitrogens with zero attached hydrogens (tertiary/aromatic N) is 2. The minimum Gasteiger partial charge on any atom is -0.436 e. The first kappa shape index (κ1) is 16.5. The highest BCUT2D eigenvalue weighted by Crippen LogP contribution is 2.26. The molecule has 0 aliphatic carbocycles. The molecule has 1 amide bonds. The van der Waals surface area contributed by atoms with Gasteiger partial charge in [-0.05, 0) is 49.7 Å². The van der Waals surface area contributed by atoms with Crippen LogP contribution in [0.5, 0.6) is 0 Å². The molecule has 1 heterocycles. The number of benzene rings is 2. The van der Waals surface area contributed by atoms with Gasteiger partial charge in [-0.25, -0.2) is 4.98 Å². The number of amides is 1. The topological polar surface area (TPSA) is 46.3 Å². The van der Waals surface area contributed by atoms with E-state index in [9.17, 15) is 4.79 Å². The molecule has 0 saturated carbocycles. The summed E-state index contributed by atoms with van der Waals surface area (Å²) in [5.41, 5.74) is 3.30. The Morgan fingerprint density at radius 2 is 1.83 bits per heavy atom.